The molecule has 2 aromatic carbocycles. The Morgan fingerprint density at radius 2 is 1.81 bits per heavy atom. The van der Waals surface area contributed by atoms with Gasteiger partial charge in [-0.15, -0.1) is 0 Å². The number of allylic oxidation sites excluding steroid dienone is 2. The summed E-state index contributed by atoms with van der Waals surface area (Å²) in [6, 6.07) is 14.9. The summed E-state index contributed by atoms with van der Waals surface area (Å²) in [7, 11) is 3.17. The zero-order valence-electron chi connectivity index (χ0n) is 17.4. The van der Waals surface area contributed by atoms with E-state index in [9.17, 15) is 9.59 Å². The molecule has 7 nitrogen and oxygen atoms in total. The third-order valence-electron chi connectivity index (χ3n) is 6.00. The van der Waals surface area contributed by atoms with Gasteiger partial charge < -0.3 is 14.8 Å². The fraction of sp³-hybridized carbons (Fsp3) is 0.250. The van der Waals surface area contributed by atoms with Gasteiger partial charge in [0.25, 0.3) is 5.56 Å². The zero-order chi connectivity index (χ0) is 21.5. The van der Waals surface area contributed by atoms with Crippen molar-refractivity contribution in [3.05, 3.63) is 81.3 Å². The molecule has 31 heavy (non-hydrogen) atoms. The lowest BCUT2D eigenvalue weighted by Gasteiger charge is -2.31. The lowest BCUT2D eigenvalue weighted by Crippen LogP contribution is -2.30. The van der Waals surface area contributed by atoms with Gasteiger partial charge in [-0.3, -0.25) is 14.7 Å². The number of aromatic amines is 1. The second-order valence-corrected chi connectivity index (χ2v) is 7.71. The van der Waals surface area contributed by atoms with Crippen molar-refractivity contribution >= 4 is 11.6 Å². The van der Waals surface area contributed by atoms with Crippen molar-refractivity contribution in [3.8, 4) is 17.2 Å². The minimum atomic E-state index is -0.520. The predicted molar refractivity (Wildman–Crippen MR) is 117 cm³/mol. The number of nitrogens with one attached hydrogen (secondary N) is 2. The zero-order valence-corrected chi connectivity index (χ0v) is 17.4. The Balaban J connectivity index is 1.76. The fourth-order valence-corrected chi connectivity index (χ4v) is 4.56. The van der Waals surface area contributed by atoms with Gasteiger partial charge in [0, 0.05) is 29.3 Å². The Morgan fingerprint density at radius 1 is 1.00 bits per heavy atom. The normalized spacial score (nSPS) is 17.6. The fourth-order valence-electron chi connectivity index (χ4n) is 4.56. The molecule has 158 valence electrons. The third kappa shape index (κ3) is 3.04. The van der Waals surface area contributed by atoms with E-state index >= 15 is 0 Å². The van der Waals surface area contributed by atoms with Gasteiger partial charge in [0.1, 0.15) is 17.3 Å². The maximum atomic E-state index is 13.6. The quantitative estimate of drug-likeness (QED) is 0.675. The number of carbonyl (C=O) groups is 1. The van der Waals surface area contributed by atoms with Crippen LogP contribution in [-0.2, 0) is 4.79 Å². The smallest absolute Gasteiger partial charge is 0.277 e. The number of H-pyrrole nitrogens is 1. The van der Waals surface area contributed by atoms with E-state index in [1.54, 1.807) is 20.3 Å². The van der Waals surface area contributed by atoms with Crippen LogP contribution in [0.5, 0.6) is 11.5 Å². The maximum Gasteiger partial charge on any atom is 0.277 e. The summed E-state index contributed by atoms with van der Waals surface area (Å²) >= 11 is 0. The summed E-state index contributed by atoms with van der Waals surface area (Å²) < 4.78 is 12.5. The molecule has 5 rings (SSSR count). The summed E-state index contributed by atoms with van der Waals surface area (Å²) in [4.78, 5) is 26.6. The molecular formula is C24H23N3O4. The summed E-state index contributed by atoms with van der Waals surface area (Å²) in [6.45, 7) is 0. The molecule has 0 saturated carbocycles. The van der Waals surface area contributed by atoms with Crippen molar-refractivity contribution in [2.24, 2.45) is 0 Å². The van der Waals surface area contributed by atoms with Crippen molar-refractivity contribution in [2.75, 3.05) is 19.5 Å². The maximum absolute atomic E-state index is 13.6. The summed E-state index contributed by atoms with van der Waals surface area (Å²) in [5, 5.41) is 6.54. The van der Waals surface area contributed by atoms with Gasteiger partial charge in [-0.25, -0.2) is 4.68 Å². The first kappa shape index (κ1) is 19.2. The summed E-state index contributed by atoms with van der Waals surface area (Å²) in [6.07, 6.45) is 2.02. The van der Waals surface area contributed by atoms with E-state index in [-0.39, 0.29) is 11.3 Å². The molecule has 0 fully saturated rings. The van der Waals surface area contributed by atoms with Crippen LogP contribution in [0.3, 0.4) is 0 Å². The highest BCUT2D eigenvalue weighted by atomic mass is 16.5. The van der Waals surface area contributed by atoms with Crippen LogP contribution in [0.1, 0.15) is 36.3 Å². The van der Waals surface area contributed by atoms with Gasteiger partial charge >= 0.3 is 0 Å². The minimum Gasteiger partial charge on any atom is -0.497 e. The molecule has 0 radical (unpaired) electrons. The SMILES string of the molecule is COc1ccc(C2C3=C(CCCC3=O)Nc3[nH]n(-c4ccccc4)c(=O)c32)c(OC)c1. The molecule has 2 heterocycles. The number of benzene rings is 2. The lowest BCUT2D eigenvalue weighted by molar-refractivity contribution is -0.116. The molecule has 2 N–H and O–H groups in total. The van der Waals surface area contributed by atoms with Crippen molar-refractivity contribution in [1.82, 2.24) is 9.78 Å². The van der Waals surface area contributed by atoms with E-state index in [0.717, 1.165) is 29.8 Å². The first-order valence-electron chi connectivity index (χ1n) is 10.3. The number of ketones is 1. The Morgan fingerprint density at radius 3 is 2.55 bits per heavy atom. The van der Waals surface area contributed by atoms with Crippen LogP contribution in [-0.4, -0.2) is 29.8 Å². The molecule has 7 heteroatoms. The van der Waals surface area contributed by atoms with Crippen LogP contribution < -0.4 is 20.3 Å². The van der Waals surface area contributed by atoms with Gasteiger partial charge in [0.2, 0.25) is 0 Å². The van der Waals surface area contributed by atoms with Gasteiger partial charge in [-0.2, -0.15) is 0 Å². The van der Waals surface area contributed by atoms with E-state index in [2.05, 4.69) is 10.4 Å². The highest BCUT2D eigenvalue weighted by Crippen LogP contribution is 2.46. The lowest BCUT2D eigenvalue weighted by atomic mass is 9.76. The van der Waals surface area contributed by atoms with E-state index in [4.69, 9.17) is 9.47 Å². The number of para-hydroxylation sites is 1. The van der Waals surface area contributed by atoms with Gasteiger partial charge in [0.15, 0.2) is 5.78 Å². The molecule has 0 saturated heterocycles. The first-order chi connectivity index (χ1) is 15.1. The number of anilines is 1. The predicted octanol–water partition coefficient (Wildman–Crippen LogP) is 3.75. The largest absolute Gasteiger partial charge is 0.497 e. The molecule has 1 aromatic heterocycles. The number of hydrogen-bond donors (Lipinski definition) is 2. The first-order valence-corrected chi connectivity index (χ1v) is 10.3. The molecule has 1 aliphatic heterocycles. The molecule has 2 aliphatic rings. The van der Waals surface area contributed by atoms with Crippen LogP contribution in [0.4, 0.5) is 5.82 Å². The highest BCUT2D eigenvalue weighted by molar-refractivity contribution is 6.01. The molecular weight excluding hydrogens is 394 g/mol. The number of hydrogen-bond acceptors (Lipinski definition) is 5. The monoisotopic (exact) mass is 417 g/mol. The van der Waals surface area contributed by atoms with E-state index in [1.807, 2.05) is 42.5 Å². The van der Waals surface area contributed by atoms with E-state index < -0.39 is 5.92 Å². The topological polar surface area (TPSA) is 85.4 Å². The average molecular weight is 417 g/mol. The Hall–Kier alpha value is -3.74. The number of Topliss-reactive ketones (excluding diaryl/α,β-unsaturated/α-hetero) is 1. The number of fused-ring (bicyclic) bond motifs is 1. The molecule has 0 amide bonds. The number of carbonyl (C=O) groups excluding carboxylic acids is 1. The van der Waals surface area contributed by atoms with Gasteiger partial charge in [0.05, 0.1) is 31.4 Å². The number of ether oxygens (including phenoxy) is 2. The minimum absolute atomic E-state index is 0.0640. The van der Waals surface area contributed by atoms with Crippen molar-refractivity contribution in [1.29, 1.82) is 0 Å². The van der Waals surface area contributed by atoms with Crippen LogP contribution >= 0.6 is 0 Å². The molecule has 0 spiro atoms. The number of methoxy groups -OCH3 is 2. The standard InChI is InChI=1S/C24H23N3O4/c1-30-15-11-12-16(19(13-15)31-2)20-21-17(9-6-10-18(21)28)25-23-22(20)24(29)27(26-23)14-7-4-3-5-8-14/h3-5,7-8,11-13,20,25-26H,6,9-10H2,1-2H3. The van der Waals surface area contributed by atoms with Crippen molar-refractivity contribution in [2.45, 2.75) is 25.2 Å². The number of nitrogens with zero attached hydrogens (tertiary/aromatic N) is 1. The Labute approximate surface area is 179 Å². The summed E-state index contributed by atoms with van der Waals surface area (Å²) in [5.41, 5.74) is 3.34. The van der Waals surface area contributed by atoms with Crippen LogP contribution in [0, 0.1) is 0 Å². The van der Waals surface area contributed by atoms with Crippen LogP contribution in [0.15, 0.2) is 64.6 Å². The Kier molecular flexibility index (Phi) is 4.66. The van der Waals surface area contributed by atoms with Crippen LogP contribution in [0.2, 0.25) is 0 Å². The second kappa shape index (κ2) is 7.50. The average Bonchev–Trinajstić information content (AvgIpc) is 3.14. The second-order valence-electron chi connectivity index (χ2n) is 7.71. The Bertz CT molecular complexity index is 1250. The van der Waals surface area contributed by atoms with Crippen molar-refractivity contribution in [3.63, 3.8) is 0 Å². The molecule has 3 aromatic rings. The van der Waals surface area contributed by atoms with Gasteiger partial charge in [-0.05, 0) is 31.0 Å². The summed E-state index contributed by atoms with van der Waals surface area (Å²) in [5.74, 6) is 1.39. The van der Waals surface area contributed by atoms with E-state index in [0.29, 0.717) is 34.9 Å². The van der Waals surface area contributed by atoms with Crippen LogP contribution in [0.25, 0.3) is 5.69 Å². The number of rotatable bonds is 4. The highest BCUT2D eigenvalue weighted by Gasteiger charge is 2.40. The molecule has 1 aliphatic carbocycles. The van der Waals surface area contributed by atoms with E-state index in [1.165, 1.54) is 4.68 Å². The molecule has 1 unspecified atom stereocenters. The molecule has 0 bridgehead atoms. The molecule has 1 atom stereocenters. The van der Waals surface area contributed by atoms with Crippen molar-refractivity contribution < 1.29 is 14.3 Å². The third-order valence-corrected chi connectivity index (χ3v) is 6.00. The number of aromatic nitrogens is 2. The van der Waals surface area contributed by atoms with Gasteiger partial charge in [-0.1, -0.05) is 24.3 Å².